The van der Waals surface area contributed by atoms with E-state index in [4.69, 9.17) is 9.84 Å². The molecule has 0 heterocycles. The van der Waals surface area contributed by atoms with Crippen LogP contribution in [0.3, 0.4) is 0 Å². The molecule has 0 spiro atoms. The van der Waals surface area contributed by atoms with Crippen LogP contribution in [0.5, 0.6) is 0 Å². The summed E-state index contributed by atoms with van der Waals surface area (Å²) in [5.41, 5.74) is 0. The second-order valence-corrected chi connectivity index (χ2v) is 3.35. The summed E-state index contributed by atoms with van der Waals surface area (Å²) in [6.07, 6.45) is 3.91. The number of hydrogen-bond acceptors (Lipinski definition) is 3. The summed E-state index contributed by atoms with van der Waals surface area (Å²) in [7, 11) is 0. The lowest BCUT2D eigenvalue weighted by Crippen LogP contribution is -2.25. The van der Waals surface area contributed by atoms with E-state index in [1.807, 2.05) is 0 Å². The van der Waals surface area contributed by atoms with E-state index in [2.05, 4.69) is 4.74 Å². The fourth-order valence-corrected chi connectivity index (χ4v) is 1.64. The Hall–Kier alpha value is -0.770. The highest BCUT2D eigenvalue weighted by Crippen LogP contribution is 2.21. The molecule has 4 nitrogen and oxygen atoms in total. The SMILES string of the molecule is CC(OC(=O)O)OC1CCCCC1. The van der Waals surface area contributed by atoms with Crippen molar-refractivity contribution in [3.8, 4) is 0 Å². The van der Waals surface area contributed by atoms with Gasteiger partial charge in [-0.15, -0.1) is 0 Å². The Bertz CT molecular complexity index is 163. The maximum absolute atomic E-state index is 10.1. The molecule has 0 radical (unpaired) electrons. The Morgan fingerprint density at radius 2 is 2.00 bits per heavy atom. The number of rotatable bonds is 3. The lowest BCUT2D eigenvalue weighted by molar-refractivity contribution is -0.143. The van der Waals surface area contributed by atoms with Crippen LogP contribution in [0, 0.1) is 0 Å². The first kappa shape index (κ1) is 10.3. The molecule has 1 unspecified atom stereocenters. The van der Waals surface area contributed by atoms with Crippen LogP contribution in [0.2, 0.25) is 0 Å². The topological polar surface area (TPSA) is 55.8 Å². The fourth-order valence-electron chi connectivity index (χ4n) is 1.64. The zero-order valence-corrected chi connectivity index (χ0v) is 7.86. The Morgan fingerprint density at radius 3 is 2.54 bits per heavy atom. The number of ether oxygens (including phenoxy) is 2. The minimum absolute atomic E-state index is 0.183. The average Bonchev–Trinajstić information content (AvgIpc) is 2.04. The van der Waals surface area contributed by atoms with Gasteiger partial charge in [-0.1, -0.05) is 19.3 Å². The third kappa shape index (κ3) is 4.12. The molecule has 0 aromatic rings. The monoisotopic (exact) mass is 188 g/mol. The predicted molar refractivity (Wildman–Crippen MR) is 46.5 cm³/mol. The van der Waals surface area contributed by atoms with Crippen molar-refractivity contribution in [3.05, 3.63) is 0 Å². The van der Waals surface area contributed by atoms with Gasteiger partial charge < -0.3 is 14.6 Å². The molecule has 0 aliphatic heterocycles. The van der Waals surface area contributed by atoms with Crippen LogP contribution in [0.4, 0.5) is 4.79 Å². The van der Waals surface area contributed by atoms with Gasteiger partial charge in [0.1, 0.15) is 0 Å². The molecule has 1 rings (SSSR count). The van der Waals surface area contributed by atoms with Crippen LogP contribution >= 0.6 is 0 Å². The minimum atomic E-state index is -1.27. The lowest BCUT2D eigenvalue weighted by atomic mass is 9.98. The quantitative estimate of drug-likeness (QED) is 0.545. The lowest BCUT2D eigenvalue weighted by Gasteiger charge is -2.24. The van der Waals surface area contributed by atoms with Crippen LogP contribution in [-0.2, 0) is 9.47 Å². The first-order chi connectivity index (χ1) is 6.18. The largest absolute Gasteiger partial charge is 0.508 e. The highest BCUT2D eigenvalue weighted by molar-refractivity contribution is 5.56. The van der Waals surface area contributed by atoms with E-state index in [1.54, 1.807) is 6.92 Å². The highest BCUT2D eigenvalue weighted by atomic mass is 16.8. The summed E-state index contributed by atoms with van der Waals surface area (Å²) in [5, 5.41) is 8.31. The normalized spacial score (nSPS) is 21.0. The minimum Gasteiger partial charge on any atom is -0.450 e. The van der Waals surface area contributed by atoms with Crippen LogP contribution in [0.1, 0.15) is 39.0 Å². The van der Waals surface area contributed by atoms with Crippen molar-refractivity contribution >= 4 is 6.16 Å². The van der Waals surface area contributed by atoms with E-state index in [9.17, 15) is 4.79 Å². The van der Waals surface area contributed by atoms with E-state index in [1.165, 1.54) is 19.3 Å². The molecule has 0 saturated heterocycles. The highest BCUT2D eigenvalue weighted by Gasteiger charge is 2.18. The summed E-state index contributed by atoms with van der Waals surface area (Å²) in [6.45, 7) is 1.61. The summed E-state index contributed by atoms with van der Waals surface area (Å²) in [5.74, 6) is 0. The van der Waals surface area contributed by atoms with E-state index in [0.29, 0.717) is 0 Å². The van der Waals surface area contributed by atoms with Crippen molar-refractivity contribution in [2.24, 2.45) is 0 Å². The van der Waals surface area contributed by atoms with Crippen molar-refractivity contribution in [3.63, 3.8) is 0 Å². The van der Waals surface area contributed by atoms with Gasteiger partial charge in [0.15, 0.2) is 0 Å². The van der Waals surface area contributed by atoms with Crippen molar-refractivity contribution in [1.82, 2.24) is 0 Å². The molecule has 76 valence electrons. The van der Waals surface area contributed by atoms with Gasteiger partial charge in [-0.25, -0.2) is 4.79 Å². The third-order valence-electron chi connectivity index (χ3n) is 2.20. The summed E-state index contributed by atoms with van der Waals surface area (Å²) >= 11 is 0. The first-order valence-corrected chi connectivity index (χ1v) is 4.73. The van der Waals surface area contributed by atoms with Gasteiger partial charge in [0.05, 0.1) is 6.10 Å². The van der Waals surface area contributed by atoms with Crippen LogP contribution in [0.15, 0.2) is 0 Å². The summed E-state index contributed by atoms with van der Waals surface area (Å²) < 4.78 is 9.85. The molecular formula is C9H16O4. The smallest absolute Gasteiger partial charge is 0.450 e. The van der Waals surface area contributed by atoms with Gasteiger partial charge in [0.2, 0.25) is 6.29 Å². The van der Waals surface area contributed by atoms with Gasteiger partial charge >= 0.3 is 6.16 Å². The molecule has 1 aliphatic rings. The standard InChI is InChI=1S/C9H16O4/c1-7(13-9(10)11)12-8-5-3-2-4-6-8/h7-8H,2-6H2,1H3,(H,10,11). The van der Waals surface area contributed by atoms with Gasteiger partial charge in [-0.3, -0.25) is 0 Å². The Balaban J connectivity index is 2.18. The third-order valence-corrected chi connectivity index (χ3v) is 2.20. The number of carbonyl (C=O) groups is 1. The molecule has 4 heteroatoms. The molecule has 1 atom stereocenters. The van der Waals surface area contributed by atoms with E-state index >= 15 is 0 Å². The van der Waals surface area contributed by atoms with Gasteiger partial charge in [-0.2, -0.15) is 0 Å². The van der Waals surface area contributed by atoms with Crippen LogP contribution in [-0.4, -0.2) is 23.7 Å². The van der Waals surface area contributed by atoms with Gasteiger partial charge in [-0.05, 0) is 19.8 Å². The number of hydrogen-bond donors (Lipinski definition) is 1. The van der Waals surface area contributed by atoms with Crippen LogP contribution in [0.25, 0.3) is 0 Å². The first-order valence-electron chi connectivity index (χ1n) is 4.73. The van der Waals surface area contributed by atoms with Crippen LogP contribution < -0.4 is 0 Å². The van der Waals surface area contributed by atoms with Crippen molar-refractivity contribution in [2.75, 3.05) is 0 Å². The summed E-state index contributed by atoms with van der Waals surface area (Å²) in [6, 6.07) is 0. The summed E-state index contributed by atoms with van der Waals surface area (Å²) in [4.78, 5) is 10.1. The molecule has 0 aromatic carbocycles. The molecule has 0 aromatic heterocycles. The second kappa shape index (κ2) is 5.07. The van der Waals surface area contributed by atoms with Crippen molar-refractivity contribution in [1.29, 1.82) is 0 Å². The molecule has 0 bridgehead atoms. The van der Waals surface area contributed by atoms with E-state index in [-0.39, 0.29) is 6.10 Å². The molecular weight excluding hydrogens is 172 g/mol. The molecule has 1 fully saturated rings. The van der Waals surface area contributed by atoms with E-state index in [0.717, 1.165) is 12.8 Å². The fraction of sp³-hybridized carbons (Fsp3) is 0.889. The van der Waals surface area contributed by atoms with Gasteiger partial charge in [0.25, 0.3) is 0 Å². The number of carboxylic acid groups (broad SMARTS) is 1. The molecule has 0 amide bonds. The van der Waals surface area contributed by atoms with Crippen molar-refractivity contribution < 1.29 is 19.4 Å². The molecule has 1 aliphatic carbocycles. The predicted octanol–water partition coefficient (Wildman–Crippen LogP) is 2.38. The second-order valence-electron chi connectivity index (χ2n) is 3.35. The Labute approximate surface area is 77.8 Å². The molecule has 13 heavy (non-hydrogen) atoms. The maximum atomic E-state index is 10.1. The molecule has 1 saturated carbocycles. The zero-order valence-electron chi connectivity index (χ0n) is 7.86. The molecule has 1 N–H and O–H groups in total. The average molecular weight is 188 g/mol. The Kier molecular flexibility index (Phi) is 4.02. The van der Waals surface area contributed by atoms with E-state index < -0.39 is 12.4 Å². The Morgan fingerprint density at radius 1 is 1.38 bits per heavy atom. The maximum Gasteiger partial charge on any atom is 0.508 e. The zero-order chi connectivity index (χ0) is 9.68. The van der Waals surface area contributed by atoms with Crippen molar-refractivity contribution in [2.45, 2.75) is 51.4 Å². The van der Waals surface area contributed by atoms with Gasteiger partial charge in [0, 0.05) is 0 Å².